The van der Waals surface area contributed by atoms with Gasteiger partial charge in [-0.1, -0.05) is 22.4 Å². The van der Waals surface area contributed by atoms with Gasteiger partial charge in [0.25, 0.3) is 5.91 Å². The topological polar surface area (TPSA) is 65.2 Å². The number of aromatic nitrogens is 1. The number of H-pyrrole nitrogens is 1. The quantitative estimate of drug-likeness (QED) is 0.524. The molecule has 152 valence electrons. The molecule has 0 bridgehead atoms. The van der Waals surface area contributed by atoms with Gasteiger partial charge in [-0.2, -0.15) is 0 Å². The molecule has 1 aromatic heterocycles. The summed E-state index contributed by atoms with van der Waals surface area (Å²) < 4.78 is 0.942. The molecule has 2 amide bonds. The molecular formula is C23H26BrN3O2. The molecule has 2 aliphatic rings. The molecule has 0 atom stereocenters. The summed E-state index contributed by atoms with van der Waals surface area (Å²) in [5.41, 5.74) is 7.20. The normalized spacial score (nSPS) is 16.9. The van der Waals surface area contributed by atoms with Gasteiger partial charge in [0.1, 0.15) is 0 Å². The Balaban J connectivity index is 1.75. The molecule has 0 saturated heterocycles. The Morgan fingerprint density at radius 1 is 1.21 bits per heavy atom. The highest BCUT2D eigenvalue weighted by Crippen LogP contribution is 2.36. The zero-order valence-corrected chi connectivity index (χ0v) is 18.5. The van der Waals surface area contributed by atoms with Crippen LogP contribution in [0.4, 0.5) is 5.69 Å². The fourth-order valence-corrected chi connectivity index (χ4v) is 4.63. The predicted molar refractivity (Wildman–Crippen MR) is 120 cm³/mol. The highest BCUT2D eigenvalue weighted by Gasteiger charge is 2.26. The molecular weight excluding hydrogens is 430 g/mol. The second-order valence-corrected chi connectivity index (χ2v) is 8.94. The van der Waals surface area contributed by atoms with Crippen molar-refractivity contribution in [3.8, 4) is 0 Å². The van der Waals surface area contributed by atoms with E-state index in [1.807, 2.05) is 24.3 Å². The molecule has 0 saturated carbocycles. The lowest BCUT2D eigenvalue weighted by Crippen LogP contribution is -2.22. The highest BCUT2D eigenvalue weighted by atomic mass is 79.9. The molecule has 1 aliphatic carbocycles. The van der Waals surface area contributed by atoms with Gasteiger partial charge in [0.05, 0.1) is 5.57 Å². The maximum absolute atomic E-state index is 12.6. The standard InChI is InChI=1S/C23H26BrN3O2/c1-27(2)22(28)11-9-16-15-6-4-3-5-7-19(15)25-21(16)13-18-17-12-14(24)8-10-20(17)26-23(18)29/h8,10,12-13,25H,3-7,9,11H2,1-2H3,(H,26,29)/b18-13-. The van der Waals surface area contributed by atoms with E-state index in [9.17, 15) is 9.59 Å². The van der Waals surface area contributed by atoms with Crippen molar-refractivity contribution in [3.63, 3.8) is 0 Å². The maximum Gasteiger partial charge on any atom is 0.256 e. The van der Waals surface area contributed by atoms with Gasteiger partial charge >= 0.3 is 0 Å². The van der Waals surface area contributed by atoms with E-state index in [1.54, 1.807) is 19.0 Å². The van der Waals surface area contributed by atoms with Gasteiger partial charge < -0.3 is 15.2 Å². The second kappa shape index (κ2) is 8.19. The summed E-state index contributed by atoms with van der Waals surface area (Å²) in [6.07, 6.45) is 8.78. The van der Waals surface area contributed by atoms with Gasteiger partial charge in [-0.3, -0.25) is 9.59 Å². The Labute approximate surface area is 179 Å². The van der Waals surface area contributed by atoms with Crippen LogP contribution in [-0.2, 0) is 28.9 Å². The zero-order valence-electron chi connectivity index (χ0n) is 16.9. The van der Waals surface area contributed by atoms with E-state index in [2.05, 4.69) is 26.2 Å². The third-order valence-corrected chi connectivity index (χ3v) is 6.33. The van der Waals surface area contributed by atoms with Crippen molar-refractivity contribution < 1.29 is 9.59 Å². The first-order valence-corrected chi connectivity index (χ1v) is 11.0. The van der Waals surface area contributed by atoms with Crippen LogP contribution in [0.25, 0.3) is 11.6 Å². The molecule has 1 aromatic carbocycles. The number of amides is 2. The van der Waals surface area contributed by atoms with Gasteiger partial charge in [-0.15, -0.1) is 0 Å². The zero-order chi connectivity index (χ0) is 20.5. The number of hydrogen-bond donors (Lipinski definition) is 2. The van der Waals surface area contributed by atoms with Crippen LogP contribution < -0.4 is 5.32 Å². The average Bonchev–Trinajstić information content (AvgIpc) is 3.05. The summed E-state index contributed by atoms with van der Waals surface area (Å²) in [6.45, 7) is 0. The number of carbonyl (C=O) groups excluding carboxylic acids is 2. The number of carbonyl (C=O) groups is 2. The molecule has 2 N–H and O–H groups in total. The van der Waals surface area contributed by atoms with E-state index < -0.39 is 0 Å². The number of fused-ring (bicyclic) bond motifs is 2. The Bertz CT molecular complexity index is 1000. The Kier molecular flexibility index (Phi) is 5.63. The van der Waals surface area contributed by atoms with Crippen molar-refractivity contribution in [1.82, 2.24) is 9.88 Å². The molecule has 0 unspecified atom stereocenters. The van der Waals surface area contributed by atoms with Gasteiger partial charge in [0.2, 0.25) is 5.91 Å². The summed E-state index contributed by atoms with van der Waals surface area (Å²) in [7, 11) is 3.58. The number of benzene rings is 1. The lowest BCUT2D eigenvalue weighted by molar-refractivity contribution is -0.128. The Morgan fingerprint density at radius 2 is 2.00 bits per heavy atom. The molecule has 6 heteroatoms. The minimum atomic E-state index is -0.0850. The average molecular weight is 456 g/mol. The largest absolute Gasteiger partial charge is 0.358 e. The minimum Gasteiger partial charge on any atom is -0.358 e. The number of rotatable bonds is 4. The molecule has 2 aromatic rings. The number of aryl methyl sites for hydroxylation is 1. The molecule has 2 heterocycles. The minimum absolute atomic E-state index is 0.0850. The number of nitrogens with zero attached hydrogens (tertiary/aromatic N) is 1. The van der Waals surface area contributed by atoms with Crippen molar-refractivity contribution in [2.75, 3.05) is 19.4 Å². The molecule has 0 spiro atoms. The summed E-state index contributed by atoms with van der Waals surface area (Å²) in [6, 6.07) is 5.82. The van der Waals surface area contributed by atoms with Crippen LogP contribution in [0.1, 0.15) is 53.8 Å². The van der Waals surface area contributed by atoms with E-state index in [-0.39, 0.29) is 11.8 Å². The third-order valence-electron chi connectivity index (χ3n) is 5.83. The monoisotopic (exact) mass is 455 g/mol. The SMILES string of the molecule is CN(C)C(=O)CCc1c(/C=C2\C(=O)Nc3ccc(Br)cc32)[nH]c2c1CCCCC2. The van der Waals surface area contributed by atoms with Crippen molar-refractivity contribution >= 4 is 45.1 Å². The molecule has 4 rings (SSSR count). The molecule has 29 heavy (non-hydrogen) atoms. The van der Waals surface area contributed by atoms with Crippen molar-refractivity contribution in [3.05, 3.63) is 50.8 Å². The van der Waals surface area contributed by atoms with Crippen LogP contribution >= 0.6 is 15.9 Å². The van der Waals surface area contributed by atoms with Crippen molar-refractivity contribution in [1.29, 1.82) is 0 Å². The van der Waals surface area contributed by atoms with Crippen LogP contribution in [0.2, 0.25) is 0 Å². The summed E-state index contributed by atoms with van der Waals surface area (Å²) >= 11 is 3.51. The fraction of sp³-hybridized carbons (Fsp3) is 0.391. The van der Waals surface area contributed by atoms with E-state index in [1.165, 1.54) is 36.1 Å². The summed E-state index contributed by atoms with van der Waals surface area (Å²) in [5.74, 6) is 0.0401. The van der Waals surface area contributed by atoms with Crippen LogP contribution in [0, 0.1) is 0 Å². The maximum atomic E-state index is 12.6. The fourth-order valence-electron chi connectivity index (χ4n) is 4.27. The van der Waals surface area contributed by atoms with Gasteiger partial charge in [-0.25, -0.2) is 0 Å². The van der Waals surface area contributed by atoms with E-state index in [0.717, 1.165) is 34.3 Å². The lowest BCUT2D eigenvalue weighted by atomic mass is 9.98. The summed E-state index contributed by atoms with van der Waals surface area (Å²) in [5, 5.41) is 2.95. The number of hydrogen-bond acceptors (Lipinski definition) is 2. The van der Waals surface area contributed by atoms with Crippen LogP contribution in [0.3, 0.4) is 0 Å². The number of nitrogens with one attached hydrogen (secondary N) is 2. The van der Waals surface area contributed by atoms with E-state index in [0.29, 0.717) is 18.4 Å². The summed E-state index contributed by atoms with van der Waals surface area (Å²) in [4.78, 5) is 30.1. The van der Waals surface area contributed by atoms with Gasteiger partial charge in [-0.05, 0) is 67.5 Å². The van der Waals surface area contributed by atoms with Gasteiger partial charge in [0.15, 0.2) is 0 Å². The Hall–Kier alpha value is -2.34. The van der Waals surface area contributed by atoms with E-state index >= 15 is 0 Å². The number of aromatic amines is 1. The molecule has 5 nitrogen and oxygen atoms in total. The van der Waals surface area contributed by atoms with E-state index in [4.69, 9.17) is 0 Å². The van der Waals surface area contributed by atoms with Crippen molar-refractivity contribution in [2.45, 2.75) is 44.9 Å². The number of anilines is 1. The Morgan fingerprint density at radius 3 is 2.79 bits per heavy atom. The van der Waals surface area contributed by atoms with Crippen LogP contribution in [-0.4, -0.2) is 35.8 Å². The smallest absolute Gasteiger partial charge is 0.256 e. The van der Waals surface area contributed by atoms with Crippen molar-refractivity contribution in [2.24, 2.45) is 0 Å². The number of halogens is 1. The molecule has 0 fully saturated rings. The molecule has 0 radical (unpaired) electrons. The first-order valence-electron chi connectivity index (χ1n) is 10.2. The van der Waals surface area contributed by atoms with Gasteiger partial charge in [0, 0.05) is 47.6 Å². The predicted octanol–water partition coefficient (Wildman–Crippen LogP) is 4.56. The first kappa shape index (κ1) is 20.0. The van der Waals surface area contributed by atoms with Crippen LogP contribution in [0.15, 0.2) is 22.7 Å². The molecule has 1 aliphatic heterocycles. The second-order valence-electron chi connectivity index (χ2n) is 8.03. The first-order chi connectivity index (χ1) is 13.9. The third kappa shape index (κ3) is 4.04. The lowest BCUT2D eigenvalue weighted by Gasteiger charge is -2.11. The van der Waals surface area contributed by atoms with Crippen LogP contribution in [0.5, 0.6) is 0 Å². The highest BCUT2D eigenvalue weighted by molar-refractivity contribution is 9.10.